The Morgan fingerprint density at radius 1 is 1.33 bits per heavy atom. The molecule has 0 aromatic heterocycles. The zero-order valence-electron chi connectivity index (χ0n) is 9.61. The number of halogens is 1. The van der Waals surface area contributed by atoms with Crippen molar-refractivity contribution in [3.63, 3.8) is 0 Å². The predicted molar refractivity (Wildman–Crippen MR) is 72.5 cm³/mol. The summed E-state index contributed by atoms with van der Waals surface area (Å²) in [4.78, 5) is 23.4. The predicted octanol–water partition coefficient (Wildman–Crippen LogP) is 2.00. The topological polar surface area (TPSA) is 58.2 Å². The Morgan fingerprint density at radius 3 is 2.83 bits per heavy atom. The van der Waals surface area contributed by atoms with Crippen LogP contribution in [0.3, 0.4) is 0 Å². The van der Waals surface area contributed by atoms with Crippen LogP contribution >= 0.6 is 23.4 Å². The van der Waals surface area contributed by atoms with Crippen molar-refractivity contribution in [2.45, 2.75) is 18.1 Å². The number of thioether (sulfide) groups is 1. The summed E-state index contributed by atoms with van der Waals surface area (Å²) in [7, 11) is 0. The van der Waals surface area contributed by atoms with Gasteiger partial charge in [-0.15, -0.1) is 11.8 Å². The maximum Gasteiger partial charge on any atom is 0.269 e. The molecule has 1 aliphatic rings. The molecule has 1 atom stereocenters. The summed E-state index contributed by atoms with van der Waals surface area (Å²) in [5.74, 6) is 0.488. The van der Waals surface area contributed by atoms with E-state index in [2.05, 4.69) is 10.9 Å². The second-order valence-electron chi connectivity index (χ2n) is 3.96. The second kappa shape index (κ2) is 6.11. The van der Waals surface area contributed by atoms with Crippen LogP contribution in [0.1, 0.15) is 23.2 Å². The van der Waals surface area contributed by atoms with Crippen molar-refractivity contribution in [2.24, 2.45) is 0 Å². The molecular weight excluding hydrogens is 272 g/mol. The Hall–Kier alpha value is -1.20. The number of carbonyl (C=O) groups excluding carboxylic acids is 2. The summed E-state index contributed by atoms with van der Waals surface area (Å²) in [5.41, 5.74) is 5.25. The highest BCUT2D eigenvalue weighted by Crippen LogP contribution is 2.25. The van der Waals surface area contributed by atoms with Crippen LogP contribution in [0.25, 0.3) is 0 Å². The fourth-order valence-corrected chi connectivity index (χ4v) is 3.04. The van der Waals surface area contributed by atoms with E-state index < -0.39 is 0 Å². The largest absolute Gasteiger partial charge is 0.272 e. The van der Waals surface area contributed by atoms with Gasteiger partial charge in [-0.05, 0) is 36.8 Å². The van der Waals surface area contributed by atoms with E-state index in [0.717, 1.165) is 18.6 Å². The molecule has 6 heteroatoms. The van der Waals surface area contributed by atoms with E-state index in [0.29, 0.717) is 10.6 Å². The fraction of sp³-hybridized carbons (Fsp3) is 0.333. The third-order valence-electron chi connectivity index (χ3n) is 2.61. The van der Waals surface area contributed by atoms with Crippen molar-refractivity contribution in [2.75, 3.05) is 5.75 Å². The van der Waals surface area contributed by atoms with Crippen LogP contribution in [0.4, 0.5) is 0 Å². The molecule has 0 spiro atoms. The van der Waals surface area contributed by atoms with Gasteiger partial charge in [0.15, 0.2) is 0 Å². The van der Waals surface area contributed by atoms with Crippen LogP contribution in [0.2, 0.25) is 5.02 Å². The maximum absolute atomic E-state index is 11.7. The van der Waals surface area contributed by atoms with Gasteiger partial charge in [0.1, 0.15) is 0 Å². The Labute approximate surface area is 114 Å². The molecule has 1 unspecified atom stereocenters. The lowest BCUT2D eigenvalue weighted by Crippen LogP contribution is -2.45. The average molecular weight is 285 g/mol. The van der Waals surface area contributed by atoms with Gasteiger partial charge in [0.25, 0.3) is 11.8 Å². The minimum atomic E-state index is -0.367. The van der Waals surface area contributed by atoms with Crippen molar-refractivity contribution < 1.29 is 9.59 Å². The molecule has 0 saturated carbocycles. The van der Waals surface area contributed by atoms with Crippen LogP contribution in [-0.4, -0.2) is 22.8 Å². The highest BCUT2D eigenvalue weighted by atomic mass is 35.5. The molecule has 0 radical (unpaired) electrons. The van der Waals surface area contributed by atoms with Crippen LogP contribution in [0, 0.1) is 0 Å². The lowest BCUT2D eigenvalue weighted by Gasteiger charge is -2.11. The number of hydrogen-bond acceptors (Lipinski definition) is 3. The zero-order valence-corrected chi connectivity index (χ0v) is 11.2. The number of hydrogen-bond donors (Lipinski definition) is 2. The number of carbonyl (C=O) groups is 2. The summed E-state index contributed by atoms with van der Waals surface area (Å²) >= 11 is 7.40. The molecule has 2 N–H and O–H groups in total. The molecule has 4 nitrogen and oxygen atoms in total. The average Bonchev–Trinajstić information content (AvgIpc) is 2.89. The molecule has 18 heavy (non-hydrogen) atoms. The highest BCUT2D eigenvalue weighted by molar-refractivity contribution is 8.00. The Bertz CT molecular complexity index is 461. The SMILES string of the molecule is O=C(NNC(=O)C1CCCS1)c1cccc(Cl)c1. The van der Waals surface area contributed by atoms with Gasteiger partial charge < -0.3 is 0 Å². The van der Waals surface area contributed by atoms with Crippen molar-refractivity contribution in [1.29, 1.82) is 0 Å². The fourth-order valence-electron chi connectivity index (χ4n) is 1.69. The van der Waals surface area contributed by atoms with Crippen LogP contribution in [0.5, 0.6) is 0 Å². The van der Waals surface area contributed by atoms with E-state index in [1.807, 2.05) is 0 Å². The first-order valence-electron chi connectivity index (χ1n) is 5.64. The zero-order chi connectivity index (χ0) is 13.0. The van der Waals surface area contributed by atoms with Gasteiger partial charge in [-0.2, -0.15) is 0 Å². The molecule has 1 heterocycles. The second-order valence-corrected chi connectivity index (χ2v) is 5.70. The number of amides is 2. The Kier molecular flexibility index (Phi) is 4.49. The van der Waals surface area contributed by atoms with Gasteiger partial charge in [0.2, 0.25) is 0 Å². The van der Waals surface area contributed by atoms with E-state index >= 15 is 0 Å². The molecule has 0 bridgehead atoms. The normalized spacial score (nSPS) is 18.4. The Balaban J connectivity index is 1.86. The number of nitrogens with one attached hydrogen (secondary N) is 2. The first-order valence-corrected chi connectivity index (χ1v) is 7.07. The number of rotatable bonds is 2. The summed E-state index contributed by atoms with van der Waals surface area (Å²) in [6, 6.07) is 6.56. The molecule has 1 fully saturated rings. The molecule has 96 valence electrons. The highest BCUT2D eigenvalue weighted by Gasteiger charge is 2.23. The van der Waals surface area contributed by atoms with Gasteiger partial charge in [-0.1, -0.05) is 17.7 Å². The number of benzene rings is 1. The quantitative estimate of drug-likeness (QED) is 0.817. The van der Waals surface area contributed by atoms with E-state index in [1.54, 1.807) is 36.0 Å². The van der Waals surface area contributed by atoms with Crippen LogP contribution in [-0.2, 0) is 4.79 Å². The molecule has 2 rings (SSSR count). The minimum absolute atomic E-state index is 0.0512. The maximum atomic E-state index is 11.7. The third-order valence-corrected chi connectivity index (χ3v) is 4.22. The van der Waals surface area contributed by atoms with Crippen molar-refractivity contribution >= 4 is 35.2 Å². The van der Waals surface area contributed by atoms with Crippen LogP contribution in [0.15, 0.2) is 24.3 Å². The van der Waals surface area contributed by atoms with Crippen LogP contribution < -0.4 is 10.9 Å². The Morgan fingerprint density at radius 2 is 2.17 bits per heavy atom. The van der Waals surface area contributed by atoms with Crippen molar-refractivity contribution in [3.8, 4) is 0 Å². The van der Waals surface area contributed by atoms with Gasteiger partial charge in [-0.25, -0.2) is 0 Å². The number of hydrazine groups is 1. The summed E-state index contributed by atoms with van der Waals surface area (Å²) < 4.78 is 0. The molecule has 2 amide bonds. The van der Waals surface area contributed by atoms with E-state index in [9.17, 15) is 9.59 Å². The van der Waals surface area contributed by atoms with E-state index in [4.69, 9.17) is 11.6 Å². The molecule has 1 aromatic carbocycles. The van der Waals surface area contributed by atoms with E-state index in [-0.39, 0.29) is 17.1 Å². The summed E-state index contributed by atoms with van der Waals surface area (Å²) in [6.45, 7) is 0. The first kappa shape index (κ1) is 13.2. The lowest BCUT2D eigenvalue weighted by atomic mass is 10.2. The standard InChI is InChI=1S/C12H13ClN2O2S/c13-9-4-1-3-8(7-9)11(16)14-15-12(17)10-5-2-6-18-10/h1,3-4,7,10H,2,5-6H2,(H,14,16)(H,15,17). The van der Waals surface area contributed by atoms with Gasteiger partial charge >= 0.3 is 0 Å². The molecule has 1 aliphatic heterocycles. The molecular formula is C12H13ClN2O2S. The molecule has 1 aromatic rings. The molecule has 1 saturated heterocycles. The third kappa shape index (κ3) is 3.40. The van der Waals surface area contributed by atoms with Crippen molar-refractivity contribution in [1.82, 2.24) is 10.9 Å². The molecule has 0 aliphatic carbocycles. The van der Waals surface area contributed by atoms with E-state index in [1.165, 1.54) is 0 Å². The summed E-state index contributed by atoms with van der Waals surface area (Å²) in [5, 5.41) is 0.435. The van der Waals surface area contributed by atoms with Crippen molar-refractivity contribution in [3.05, 3.63) is 34.9 Å². The van der Waals surface area contributed by atoms with Gasteiger partial charge in [0.05, 0.1) is 5.25 Å². The summed E-state index contributed by atoms with van der Waals surface area (Å²) in [6.07, 6.45) is 1.91. The monoisotopic (exact) mass is 284 g/mol. The van der Waals surface area contributed by atoms with Gasteiger partial charge in [0, 0.05) is 10.6 Å². The lowest BCUT2D eigenvalue weighted by molar-refractivity contribution is -0.121. The smallest absolute Gasteiger partial charge is 0.269 e. The first-order chi connectivity index (χ1) is 8.66. The van der Waals surface area contributed by atoms with Gasteiger partial charge in [-0.3, -0.25) is 20.4 Å². The minimum Gasteiger partial charge on any atom is -0.272 e.